The highest BCUT2D eigenvalue weighted by Crippen LogP contribution is 2.29. The molecular formula is C13H11FN2O3. The number of hydrogen-bond acceptors (Lipinski definition) is 3. The first kappa shape index (κ1) is 11.7. The fraction of sp³-hybridized carbons (Fsp3) is 0.231. The molecule has 1 unspecified atom stereocenters. The van der Waals surface area contributed by atoms with Crippen molar-refractivity contribution < 1.29 is 19.0 Å². The van der Waals surface area contributed by atoms with Crippen molar-refractivity contribution in [1.29, 1.82) is 0 Å². The topological polar surface area (TPSA) is 64.3 Å². The van der Waals surface area contributed by atoms with Crippen molar-refractivity contribution in [3.8, 4) is 5.75 Å². The van der Waals surface area contributed by atoms with Crippen LogP contribution in [0.25, 0.3) is 0 Å². The molecule has 1 aliphatic heterocycles. The summed E-state index contributed by atoms with van der Waals surface area (Å²) in [4.78, 5) is 11.0. The monoisotopic (exact) mass is 262 g/mol. The van der Waals surface area contributed by atoms with Crippen molar-refractivity contribution in [1.82, 2.24) is 9.78 Å². The van der Waals surface area contributed by atoms with Crippen molar-refractivity contribution in [2.24, 2.45) is 0 Å². The van der Waals surface area contributed by atoms with E-state index in [9.17, 15) is 9.18 Å². The van der Waals surface area contributed by atoms with Crippen LogP contribution in [0, 0.1) is 5.82 Å². The summed E-state index contributed by atoms with van der Waals surface area (Å²) >= 11 is 0. The minimum Gasteiger partial charge on any atom is -0.488 e. The minimum absolute atomic E-state index is 0.116. The number of halogens is 1. The molecule has 1 aliphatic rings. The second kappa shape index (κ2) is 4.38. The average molecular weight is 262 g/mol. The van der Waals surface area contributed by atoms with Crippen molar-refractivity contribution in [3.05, 3.63) is 47.5 Å². The maximum atomic E-state index is 13.1. The molecule has 0 fully saturated rings. The van der Waals surface area contributed by atoms with E-state index in [4.69, 9.17) is 9.84 Å². The van der Waals surface area contributed by atoms with Crippen LogP contribution in [-0.4, -0.2) is 27.0 Å². The number of benzene rings is 1. The first-order chi connectivity index (χ1) is 9.13. The van der Waals surface area contributed by atoms with Crippen molar-refractivity contribution in [3.63, 3.8) is 0 Å². The summed E-state index contributed by atoms with van der Waals surface area (Å²) in [5, 5.41) is 13.0. The number of fused-ring (bicyclic) bond motifs is 1. The first-order valence-electron chi connectivity index (χ1n) is 5.83. The Morgan fingerprint density at radius 2 is 2.37 bits per heavy atom. The molecule has 0 radical (unpaired) electrons. The van der Waals surface area contributed by atoms with E-state index >= 15 is 0 Å². The van der Waals surface area contributed by atoms with Crippen LogP contribution in [0.3, 0.4) is 0 Å². The number of aromatic nitrogens is 2. The normalized spacial score (nSPS) is 17.0. The zero-order valence-corrected chi connectivity index (χ0v) is 9.91. The Morgan fingerprint density at radius 1 is 1.53 bits per heavy atom. The summed E-state index contributed by atoms with van der Waals surface area (Å²) < 4.78 is 20.1. The van der Waals surface area contributed by atoms with Crippen LogP contribution in [-0.2, 0) is 13.0 Å². The Labute approximate surface area is 108 Å². The lowest BCUT2D eigenvalue weighted by Crippen LogP contribution is -2.24. The van der Waals surface area contributed by atoms with Crippen LogP contribution in [0.1, 0.15) is 16.1 Å². The molecule has 1 atom stereocenters. The second-order valence-electron chi connectivity index (χ2n) is 4.40. The van der Waals surface area contributed by atoms with Crippen LogP contribution in [0.4, 0.5) is 4.39 Å². The van der Waals surface area contributed by atoms with Gasteiger partial charge in [-0.1, -0.05) is 0 Å². The van der Waals surface area contributed by atoms with Gasteiger partial charge < -0.3 is 9.84 Å². The van der Waals surface area contributed by atoms with Crippen molar-refractivity contribution in [2.45, 2.75) is 19.1 Å². The van der Waals surface area contributed by atoms with Crippen LogP contribution < -0.4 is 4.74 Å². The quantitative estimate of drug-likeness (QED) is 0.914. The van der Waals surface area contributed by atoms with Gasteiger partial charge in [0.05, 0.1) is 6.54 Å². The zero-order chi connectivity index (χ0) is 13.4. The molecule has 1 aromatic heterocycles. The number of carbonyl (C=O) groups is 1. The van der Waals surface area contributed by atoms with Gasteiger partial charge in [0.15, 0.2) is 0 Å². The van der Waals surface area contributed by atoms with Crippen LogP contribution in [0.15, 0.2) is 30.5 Å². The highest BCUT2D eigenvalue weighted by atomic mass is 19.1. The highest BCUT2D eigenvalue weighted by molar-refractivity contribution is 5.85. The van der Waals surface area contributed by atoms with E-state index in [-0.39, 0.29) is 17.6 Å². The van der Waals surface area contributed by atoms with E-state index in [2.05, 4.69) is 5.10 Å². The summed E-state index contributed by atoms with van der Waals surface area (Å²) in [5.41, 5.74) is 0.916. The van der Waals surface area contributed by atoms with Gasteiger partial charge in [-0.25, -0.2) is 9.18 Å². The van der Waals surface area contributed by atoms with E-state index in [0.29, 0.717) is 18.7 Å². The highest BCUT2D eigenvalue weighted by Gasteiger charge is 2.25. The van der Waals surface area contributed by atoms with Gasteiger partial charge in [0.25, 0.3) is 0 Å². The standard InChI is InChI=1S/C13H11FN2O3/c14-9-1-2-12-8(5-9)6-10(19-12)7-16-11(13(17)18)3-4-15-16/h1-5,10H,6-7H2,(H,17,18). The predicted octanol–water partition coefficient (Wildman–Crippen LogP) is 1.72. The van der Waals surface area contributed by atoms with E-state index < -0.39 is 5.97 Å². The Hall–Kier alpha value is -2.37. The molecule has 0 bridgehead atoms. The molecule has 5 nitrogen and oxygen atoms in total. The van der Waals surface area contributed by atoms with Gasteiger partial charge >= 0.3 is 5.97 Å². The number of aromatic carboxylic acids is 1. The van der Waals surface area contributed by atoms with E-state index in [1.165, 1.54) is 29.1 Å². The minimum atomic E-state index is -1.03. The summed E-state index contributed by atoms with van der Waals surface area (Å²) in [6.07, 6.45) is 1.76. The fourth-order valence-electron chi connectivity index (χ4n) is 2.24. The Balaban J connectivity index is 1.77. The lowest BCUT2D eigenvalue weighted by molar-refractivity contribution is 0.0679. The molecule has 2 heterocycles. The van der Waals surface area contributed by atoms with Gasteiger partial charge in [-0.05, 0) is 24.3 Å². The third-order valence-corrected chi connectivity index (χ3v) is 3.08. The van der Waals surface area contributed by atoms with E-state index in [0.717, 1.165) is 5.56 Å². The number of ether oxygens (including phenoxy) is 1. The molecule has 6 heteroatoms. The molecular weight excluding hydrogens is 251 g/mol. The van der Waals surface area contributed by atoms with Gasteiger partial charge in [-0.2, -0.15) is 5.10 Å². The third kappa shape index (κ3) is 2.16. The van der Waals surface area contributed by atoms with E-state index in [1.54, 1.807) is 6.07 Å². The molecule has 19 heavy (non-hydrogen) atoms. The zero-order valence-electron chi connectivity index (χ0n) is 9.91. The average Bonchev–Trinajstić information content (AvgIpc) is 2.95. The lowest BCUT2D eigenvalue weighted by atomic mass is 10.1. The molecule has 0 saturated carbocycles. The molecule has 3 rings (SSSR count). The Bertz CT molecular complexity index is 639. The lowest BCUT2D eigenvalue weighted by Gasteiger charge is -2.11. The Morgan fingerprint density at radius 3 is 3.16 bits per heavy atom. The predicted molar refractivity (Wildman–Crippen MR) is 63.7 cm³/mol. The largest absolute Gasteiger partial charge is 0.488 e. The number of hydrogen-bond donors (Lipinski definition) is 1. The van der Waals surface area contributed by atoms with E-state index in [1.807, 2.05) is 0 Å². The van der Waals surface area contributed by atoms with Gasteiger partial charge in [0.1, 0.15) is 23.4 Å². The summed E-state index contributed by atoms with van der Waals surface area (Å²) in [5.74, 6) is -0.678. The first-order valence-corrected chi connectivity index (χ1v) is 5.83. The van der Waals surface area contributed by atoms with Gasteiger partial charge in [-0.15, -0.1) is 0 Å². The van der Waals surface area contributed by atoms with Gasteiger partial charge in [-0.3, -0.25) is 4.68 Å². The number of rotatable bonds is 3. The van der Waals surface area contributed by atoms with Crippen LogP contribution in [0.5, 0.6) is 5.75 Å². The second-order valence-corrected chi connectivity index (χ2v) is 4.40. The van der Waals surface area contributed by atoms with Gasteiger partial charge in [0.2, 0.25) is 0 Å². The molecule has 2 aromatic rings. The number of nitrogens with zero attached hydrogens (tertiary/aromatic N) is 2. The maximum Gasteiger partial charge on any atom is 0.354 e. The fourth-order valence-corrected chi connectivity index (χ4v) is 2.24. The third-order valence-electron chi connectivity index (χ3n) is 3.08. The maximum absolute atomic E-state index is 13.1. The summed E-state index contributed by atoms with van der Waals surface area (Å²) in [6.45, 7) is 0.324. The van der Waals surface area contributed by atoms with Crippen LogP contribution >= 0.6 is 0 Å². The molecule has 0 aliphatic carbocycles. The summed E-state index contributed by atoms with van der Waals surface area (Å²) in [6, 6.07) is 5.81. The van der Waals surface area contributed by atoms with Gasteiger partial charge in [0, 0.05) is 18.2 Å². The SMILES string of the molecule is O=C(O)c1ccnn1CC1Cc2cc(F)ccc2O1. The molecule has 1 N–H and O–H groups in total. The molecule has 1 aromatic carbocycles. The smallest absolute Gasteiger partial charge is 0.354 e. The molecule has 0 spiro atoms. The summed E-state index contributed by atoms with van der Waals surface area (Å²) in [7, 11) is 0. The van der Waals surface area contributed by atoms with Crippen molar-refractivity contribution >= 4 is 5.97 Å². The molecule has 0 amide bonds. The molecule has 98 valence electrons. The molecule has 0 saturated heterocycles. The Kier molecular flexibility index (Phi) is 2.70. The van der Waals surface area contributed by atoms with Crippen molar-refractivity contribution in [2.75, 3.05) is 0 Å². The van der Waals surface area contributed by atoms with Crippen LogP contribution in [0.2, 0.25) is 0 Å². The number of carboxylic acids is 1. The number of carboxylic acid groups (broad SMARTS) is 1.